The lowest BCUT2D eigenvalue weighted by molar-refractivity contribution is 0.147. The smallest absolute Gasteiger partial charge is 0.0252 e. The molecule has 0 aromatic carbocycles. The summed E-state index contributed by atoms with van der Waals surface area (Å²) in [6.07, 6.45) is 7.40. The predicted octanol–water partition coefficient (Wildman–Crippen LogP) is 2.25. The third-order valence-electron chi connectivity index (χ3n) is 3.98. The van der Waals surface area contributed by atoms with E-state index in [1.807, 2.05) is 0 Å². The maximum Gasteiger partial charge on any atom is 0.0252 e. The highest BCUT2D eigenvalue weighted by Gasteiger charge is 2.26. The molecule has 1 aliphatic carbocycles. The van der Waals surface area contributed by atoms with E-state index < -0.39 is 0 Å². The van der Waals surface area contributed by atoms with Gasteiger partial charge in [0, 0.05) is 25.2 Å². The Balaban J connectivity index is 1.69. The van der Waals surface area contributed by atoms with Crippen LogP contribution in [0.25, 0.3) is 0 Å². The fourth-order valence-corrected chi connectivity index (χ4v) is 3.10. The molecule has 88 valence electrons. The Morgan fingerprint density at radius 1 is 1.27 bits per heavy atom. The summed E-state index contributed by atoms with van der Waals surface area (Å²) in [6, 6.07) is 0. The monoisotopic (exact) mass is 210 g/mol. The SMILES string of the molecule is CC1(C)CN(CCC2CCCC2)CCN1. The average molecular weight is 210 g/mol. The van der Waals surface area contributed by atoms with Gasteiger partial charge in [-0.25, -0.2) is 0 Å². The summed E-state index contributed by atoms with van der Waals surface area (Å²) in [5.74, 6) is 1.04. The first-order chi connectivity index (χ1) is 7.16. The highest BCUT2D eigenvalue weighted by Crippen LogP contribution is 2.27. The zero-order valence-electron chi connectivity index (χ0n) is 10.4. The minimum Gasteiger partial charge on any atom is -0.309 e. The molecule has 2 aliphatic rings. The molecular weight excluding hydrogens is 184 g/mol. The fourth-order valence-electron chi connectivity index (χ4n) is 3.10. The maximum atomic E-state index is 3.57. The number of rotatable bonds is 3. The van der Waals surface area contributed by atoms with Crippen molar-refractivity contribution in [3.63, 3.8) is 0 Å². The summed E-state index contributed by atoms with van der Waals surface area (Å²) >= 11 is 0. The normalized spacial score (nSPS) is 28.4. The molecule has 1 heterocycles. The molecule has 0 aromatic rings. The van der Waals surface area contributed by atoms with Crippen LogP contribution < -0.4 is 5.32 Å². The van der Waals surface area contributed by atoms with Crippen molar-refractivity contribution in [2.24, 2.45) is 5.92 Å². The van der Waals surface area contributed by atoms with Crippen LogP contribution in [0.3, 0.4) is 0 Å². The van der Waals surface area contributed by atoms with Crippen molar-refractivity contribution < 1.29 is 0 Å². The molecule has 2 fully saturated rings. The molecule has 0 aromatic heterocycles. The van der Waals surface area contributed by atoms with Gasteiger partial charge in [0.25, 0.3) is 0 Å². The van der Waals surface area contributed by atoms with E-state index in [1.165, 1.54) is 51.7 Å². The molecule has 2 nitrogen and oxygen atoms in total. The van der Waals surface area contributed by atoms with Crippen LogP contribution in [0.1, 0.15) is 46.0 Å². The fraction of sp³-hybridized carbons (Fsp3) is 1.00. The first kappa shape index (κ1) is 11.4. The summed E-state index contributed by atoms with van der Waals surface area (Å²) in [7, 11) is 0. The minimum absolute atomic E-state index is 0.327. The maximum absolute atomic E-state index is 3.57. The molecule has 0 spiro atoms. The van der Waals surface area contributed by atoms with Gasteiger partial charge in [-0.1, -0.05) is 25.7 Å². The molecule has 2 rings (SSSR count). The van der Waals surface area contributed by atoms with Crippen molar-refractivity contribution in [2.45, 2.75) is 51.5 Å². The lowest BCUT2D eigenvalue weighted by Gasteiger charge is -2.39. The van der Waals surface area contributed by atoms with Crippen LogP contribution in [0.5, 0.6) is 0 Å². The number of nitrogens with one attached hydrogen (secondary N) is 1. The molecule has 1 saturated carbocycles. The van der Waals surface area contributed by atoms with Crippen molar-refractivity contribution >= 4 is 0 Å². The van der Waals surface area contributed by atoms with E-state index in [4.69, 9.17) is 0 Å². The van der Waals surface area contributed by atoms with Gasteiger partial charge in [-0.05, 0) is 32.7 Å². The van der Waals surface area contributed by atoms with Gasteiger partial charge in [-0.15, -0.1) is 0 Å². The minimum atomic E-state index is 0.327. The van der Waals surface area contributed by atoms with E-state index in [0.717, 1.165) is 12.5 Å². The van der Waals surface area contributed by atoms with Gasteiger partial charge in [0.2, 0.25) is 0 Å². The number of piperazine rings is 1. The predicted molar refractivity (Wildman–Crippen MR) is 65.1 cm³/mol. The standard InChI is InChI=1S/C13H26N2/c1-13(2)11-15(10-8-14-13)9-7-12-5-3-4-6-12/h12,14H,3-11H2,1-2H3. The second-order valence-corrected chi connectivity index (χ2v) is 6.03. The zero-order valence-corrected chi connectivity index (χ0v) is 10.4. The van der Waals surface area contributed by atoms with Crippen LogP contribution in [0, 0.1) is 5.92 Å². The van der Waals surface area contributed by atoms with E-state index in [1.54, 1.807) is 0 Å². The Kier molecular flexibility index (Phi) is 3.68. The second kappa shape index (κ2) is 4.84. The molecule has 0 bridgehead atoms. The van der Waals surface area contributed by atoms with Gasteiger partial charge < -0.3 is 10.2 Å². The summed E-state index contributed by atoms with van der Waals surface area (Å²) in [5, 5.41) is 3.57. The van der Waals surface area contributed by atoms with Crippen LogP contribution in [0.15, 0.2) is 0 Å². The molecule has 0 unspecified atom stereocenters. The van der Waals surface area contributed by atoms with Crippen molar-refractivity contribution in [3.8, 4) is 0 Å². The average Bonchev–Trinajstić information content (AvgIpc) is 2.65. The van der Waals surface area contributed by atoms with E-state index >= 15 is 0 Å². The molecule has 1 aliphatic heterocycles. The summed E-state index contributed by atoms with van der Waals surface area (Å²) in [6.45, 7) is 9.59. The van der Waals surface area contributed by atoms with E-state index in [0.29, 0.717) is 5.54 Å². The lowest BCUT2D eigenvalue weighted by Crippen LogP contribution is -2.57. The van der Waals surface area contributed by atoms with Gasteiger partial charge in [0.05, 0.1) is 0 Å². The van der Waals surface area contributed by atoms with Crippen LogP contribution >= 0.6 is 0 Å². The van der Waals surface area contributed by atoms with Crippen molar-refractivity contribution in [3.05, 3.63) is 0 Å². The summed E-state index contributed by atoms with van der Waals surface area (Å²) in [4.78, 5) is 2.65. The molecule has 0 atom stereocenters. The summed E-state index contributed by atoms with van der Waals surface area (Å²) < 4.78 is 0. The van der Waals surface area contributed by atoms with E-state index in [2.05, 4.69) is 24.1 Å². The highest BCUT2D eigenvalue weighted by molar-refractivity contribution is 4.86. The first-order valence-corrected chi connectivity index (χ1v) is 6.63. The molecule has 0 amide bonds. The Morgan fingerprint density at radius 2 is 2.00 bits per heavy atom. The second-order valence-electron chi connectivity index (χ2n) is 6.03. The van der Waals surface area contributed by atoms with E-state index in [-0.39, 0.29) is 0 Å². The van der Waals surface area contributed by atoms with Crippen LogP contribution in [0.4, 0.5) is 0 Å². The lowest BCUT2D eigenvalue weighted by atomic mass is 10.00. The first-order valence-electron chi connectivity index (χ1n) is 6.63. The third-order valence-corrected chi connectivity index (χ3v) is 3.98. The Morgan fingerprint density at radius 3 is 2.67 bits per heavy atom. The topological polar surface area (TPSA) is 15.3 Å². The van der Waals surface area contributed by atoms with Gasteiger partial charge in [-0.2, -0.15) is 0 Å². The Labute approximate surface area is 94.4 Å². The molecular formula is C13H26N2. The largest absolute Gasteiger partial charge is 0.309 e. The number of hydrogen-bond acceptors (Lipinski definition) is 2. The highest BCUT2D eigenvalue weighted by atomic mass is 15.2. The molecule has 15 heavy (non-hydrogen) atoms. The van der Waals surface area contributed by atoms with Crippen molar-refractivity contribution in [2.75, 3.05) is 26.2 Å². The molecule has 0 radical (unpaired) electrons. The van der Waals surface area contributed by atoms with E-state index in [9.17, 15) is 0 Å². The van der Waals surface area contributed by atoms with Crippen molar-refractivity contribution in [1.82, 2.24) is 10.2 Å². The Bertz CT molecular complexity index is 195. The molecule has 2 heteroatoms. The zero-order chi connectivity index (χ0) is 10.7. The third kappa shape index (κ3) is 3.46. The van der Waals surface area contributed by atoms with Crippen LogP contribution in [-0.2, 0) is 0 Å². The quantitative estimate of drug-likeness (QED) is 0.768. The molecule has 1 saturated heterocycles. The van der Waals surface area contributed by atoms with Gasteiger partial charge in [0.15, 0.2) is 0 Å². The van der Waals surface area contributed by atoms with Gasteiger partial charge in [-0.3, -0.25) is 0 Å². The van der Waals surface area contributed by atoms with Gasteiger partial charge >= 0.3 is 0 Å². The Hall–Kier alpha value is -0.0800. The number of hydrogen-bond donors (Lipinski definition) is 1. The van der Waals surface area contributed by atoms with Crippen molar-refractivity contribution in [1.29, 1.82) is 0 Å². The molecule has 1 N–H and O–H groups in total. The number of nitrogens with zero attached hydrogens (tertiary/aromatic N) is 1. The van der Waals surface area contributed by atoms with Crippen LogP contribution in [-0.4, -0.2) is 36.6 Å². The summed E-state index contributed by atoms with van der Waals surface area (Å²) in [5.41, 5.74) is 0.327. The van der Waals surface area contributed by atoms with Crippen LogP contribution in [0.2, 0.25) is 0 Å². The van der Waals surface area contributed by atoms with Gasteiger partial charge in [0.1, 0.15) is 0 Å².